The quantitative estimate of drug-likeness (QED) is 0.326. The molecule has 2 heterocycles. The van der Waals surface area contributed by atoms with Gasteiger partial charge in [-0.3, -0.25) is 4.79 Å². The normalized spacial score (nSPS) is 9.68. The predicted octanol–water partition coefficient (Wildman–Crippen LogP) is -1.33. The lowest BCUT2D eigenvalue weighted by atomic mass is 10.4. The Balaban J connectivity index is 0.00000242. The summed E-state index contributed by atoms with van der Waals surface area (Å²) in [5.41, 5.74) is 15.6. The highest BCUT2D eigenvalue weighted by Crippen LogP contribution is 2.21. The molecule has 2 aromatic rings. The van der Waals surface area contributed by atoms with Gasteiger partial charge in [0.05, 0.1) is 6.54 Å². The van der Waals surface area contributed by atoms with Crippen molar-refractivity contribution in [2.45, 2.75) is 6.54 Å². The maximum atomic E-state index is 11.6. The second-order valence-electron chi connectivity index (χ2n) is 3.62. The van der Waals surface area contributed by atoms with E-state index in [1.807, 2.05) is 0 Å². The number of anilines is 2. The fourth-order valence-corrected chi connectivity index (χ4v) is 1.48. The van der Waals surface area contributed by atoms with Gasteiger partial charge in [0.2, 0.25) is 0 Å². The summed E-state index contributed by atoms with van der Waals surface area (Å²) in [6, 6.07) is 0. The standard InChI is InChI=1S/C8H10ClN11O.ClH/c9-4-6(13-1-2-17-19-20-18-2)15-5(10)3(14-4)7(21)16-8(11)12;/h1H2,(H3,10,13,15)(H4,11,12,16,21)(H,17,18,19,20);1H. The lowest BCUT2D eigenvalue weighted by Gasteiger charge is -2.07. The Hall–Kier alpha value is -2.73. The van der Waals surface area contributed by atoms with Crippen LogP contribution in [0.1, 0.15) is 16.3 Å². The van der Waals surface area contributed by atoms with Gasteiger partial charge in [0.25, 0.3) is 0 Å². The number of nitrogens with two attached hydrogens (primary N) is 3. The molecular weight excluding hydrogens is 337 g/mol. The number of rotatable bonds is 4. The van der Waals surface area contributed by atoms with Crippen LogP contribution in [0.4, 0.5) is 11.6 Å². The van der Waals surface area contributed by atoms with Crippen LogP contribution < -0.4 is 22.5 Å². The lowest BCUT2D eigenvalue weighted by molar-refractivity contribution is 0.0998. The Kier molecular flexibility index (Phi) is 5.77. The van der Waals surface area contributed by atoms with E-state index in [9.17, 15) is 4.79 Å². The number of nitrogens with one attached hydrogen (secondary N) is 2. The topological polar surface area (TPSA) is 200 Å². The first-order valence-corrected chi connectivity index (χ1v) is 5.78. The van der Waals surface area contributed by atoms with E-state index < -0.39 is 11.9 Å². The molecule has 118 valence electrons. The van der Waals surface area contributed by atoms with E-state index in [2.05, 4.69) is 40.9 Å². The molecule has 1 amide bonds. The molecule has 0 saturated heterocycles. The van der Waals surface area contributed by atoms with E-state index in [1.54, 1.807) is 0 Å². The number of nitrogen functional groups attached to an aromatic ring is 1. The molecule has 0 aromatic carbocycles. The molecule has 0 bridgehead atoms. The van der Waals surface area contributed by atoms with E-state index in [4.69, 9.17) is 28.8 Å². The molecule has 0 unspecified atom stereocenters. The van der Waals surface area contributed by atoms with Crippen molar-refractivity contribution >= 4 is 47.5 Å². The highest BCUT2D eigenvalue weighted by atomic mass is 35.5. The summed E-state index contributed by atoms with van der Waals surface area (Å²) in [6.45, 7) is 0.186. The number of hydrogen-bond donors (Lipinski definition) is 5. The molecule has 0 radical (unpaired) electrons. The zero-order valence-corrected chi connectivity index (χ0v) is 12.4. The van der Waals surface area contributed by atoms with E-state index in [1.165, 1.54) is 0 Å². The maximum Gasteiger partial charge on any atom is 0.302 e. The lowest BCUT2D eigenvalue weighted by Crippen LogP contribution is -2.25. The van der Waals surface area contributed by atoms with E-state index in [-0.39, 0.29) is 41.4 Å². The average Bonchev–Trinajstić information content (AvgIpc) is 2.91. The SMILES string of the molecule is Cl.NC(N)=NC(=O)c1nc(Cl)c(NCc2nn[nH]n2)nc1N. The van der Waals surface area contributed by atoms with Gasteiger partial charge in [-0.2, -0.15) is 10.2 Å². The van der Waals surface area contributed by atoms with Crippen molar-refractivity contribution in [3.63, 3.8) is 0 Å². The van der Waals surface area contributed by atoms with Crippen LogP contribution in [0, 0.1) is 0 Å². The molecule has 0 saturated carbocycles. The van der Waals surface area contributed by atoms with Crippen LogP contribution in [0.2, 0.25) is 5.15 Å². The third kappa shape index (κ3) is 4.13. The van der Waals surface area contributed by atoms with E-state index >= 15 is 0 Å². The zero-order valence-electron chi connectivity index (χ0n) is 10.8. The number of amides is 1. The number of guanidine groups is 1. The molecule has 14 heteroatoms. The van der Waals surface area contributed by atoms with Gasteiger partial charge in [0.1, 0.15) is 0 Å². The van der Waals surface area contributed by atoms with Crippen molar-refractivity contribution in [2.75, 3.05) is 11.1 Å². The fraction of sp³-hybridized carbons (Fsp3) is 0.125. The summed E-state index contributed by atoms with van der Waals surface area (Å²) in [4.78, 5) is 22.7. The van der Waals surface area contributed by atoms with Crippen LogP contribution in [0.5, 0.6) is 0 Å². The molecule has 0 aliphatic heterocycles. The third-order valence-corrected chi connectivity index (χ3v) is 2.38. The Morgan fingerprint density at radius 1 is 1.36 bits per heavy atom. The summed E-state index contributed by atoms with van der Waals surface area (Å²) >= 11 is 5.90. The second-order valence-corrected chi connectivity index (χ2v) is 3.98. The number of nitrogens with zero attached hydrogens (tertiary/aromatic N) is 6. The predicted molar refractivity (Wildman–Crippen MR) is 80.3 cm³/mol. The largest absolute Gasteiger partial charge is 0.382 e. The van der Waals surface area contributed by atoms with Crippen molar-refractivity contribution in [1.82, 2.24) is 30.6 Å². The number of aliphatic imine (C=N–C) groups is 1. The monoisotopic (exact) mass is 347 g/mol. The minimum Gasteiger partial charge on any atom is -0.382 e. The van der Waals surface area contributed by atoms with Crippen LogP contribution in [-0.2, 0) is 6.54 Å². The molecule has 22 heavy (non-hydrogen) atoms. The number of halogens is 2. The third-order valence-electron chi connectivity index (χ3n) is 2.12. The summed E-state index contributed by atoms with van der Waals surface area (Å²) < 4.78 is 0. The summed E-state index contributed by atoms with van der Waals surface area (Å²) in [5.74, 6) is -0.902. The number of hydrogen-bond acceptors (Lipinski definition) is 8. The molecular formula is C8H11Cl2N11O. The second kappa shape index (κ2) is 7.33. The molecule has 0 atom stereocenters. The molecule has 12 nitrogen and oxygen atoms in total. The van der Waals surface area contributed by atoms with Crippen LogP contribution in [-0.4, -0.2) is 42.5 Å². The van der Waals surface area contributed by atoms with Crippen molar-refractivity contribution in [1.29, 1.82) is 0 Å². The van der Waals surface area contributed by atoms with Crippen LogP contribution in [0.25, 0.3) is 0 Å². The summed E-state index contributed by atoms with van der Waals surface area (Å²) in [6.07, 6.45) is 0. The fourth-order valence-electron chi connectivity index (χ4n) is 1.29. The number of H-pyrrole nitrogens is 1. The Morgan fingerprint density at radius 3 is 2.68 bits per heavy atom. The maximum absolute atomic E-state index is 11.6. The first kappa shape index (κ1) is 17.3. The van der Waals surface area contributed by atoms with Gasteiger partial charge in [-0.15, -0.1) is 22.6 Å². The first-order chi connectivity index (χ1) is 9.97. The minimum atomic E-state index is -0.841. The zero-order chi connectivity index (χ0) is 15.4. The molecule has 0 spiro atoms. The van der Waals surface area contributed by atoms with Gasteiger partial charge in [0, 0.05) is 0 Å². The smallest absolute Gasteiger partial charge is 0.302 e. The Bertz CT molecular complexity index is 682. The number of carbonyl (C=O) groups excluding carboxylic acids is 1. The van der Waals surface area contributed by atoms with Gasteiger partial charge in [-0.25, -0.2) is 9.97 Å². The average molecular weight is 348 g/mol. The number of carbonyl (C=O) groups is 1. The van der Waals surface area contributed by atoms with Crippen LogP contribution >= 0.6 is 24.0 Å². The van der Waals surface area contributed by atoms with Crippen molar-refractivity contribution in [2.24, 2.45) is 16.5 Å². The number of aromatic amines is 1. The summed E-state index contributed by atoms with van der Waals surface area (Å²) in [7, 11) is 0. The van der Waals surface area contributed by atoms with E-state index in [0.29, 0.717) is 5.82 Å². The molecule has 0 fully saturated rings. The molecule has 0 aliphatic rings. The van der Waals surface area contributed by atoms with Crippen LogP contribution in [0.15, 0.2) is 4.99 Å². The first-order valence-electron chi connectivity index (χ1n) is 5.40. The van der Waals surface area contributed by atoms with Crippen molar-refractivity contribution in [3.8, 4) is 0 Å². The van der Waals surface area contributed by atoms with Gasteiger partial charge in [0.15, 0.2) is 34.3 Å². The van der Waals surface area contributed by atoms with E-state index in [0.717, 1.165) is 0 Å². The van der Waals surface area contributed by atoms with Gasteiger partial charge < -0.3 is 22.5 Å². The molecule has 8 N–H and O–H groups in total. The van der Waals surface area contributed by atoms with Crippen molar-refractivity contribution in [3.05, 3.63) is 16.7 Å². The van der Waals surface area contributed by atoms with Crippen molar-refractivity contribution < 1.29 is 4.79 Å². The molecule has 2 aromatic heterocycles. The molecule has 2 rings (SSSR count). The van der Waals surface area contributed by atoms with Gasteiger partial charge >= 0.3 is 5.91 Å². The minimum absolute atomic E-state index is 0. The number of tetrazole rings is 1. The summed E-state index contributed by atoms with van der Waals surface area (Å²) in [5, 5.41) is 15.8. The van der Waals surface area contributed by atoms with Gasteiger partial charge in [-0.1, -0.05) is 16.8 Å². The molecule has 0 aliphatic carbocycles. The van der Waals surface area contributed by atoms with Crippen LogP contribution in [0.3, 0.4) is 0 Å². The number of aromatic nitrogens is 6. The highest BCUT2D eigenvalue weighted by Gasteiger charge is 2.17. The highest BCUT2D eigenvalue weighted by molar-refractivity contribution is 6.32. The van der Waals surface area contributed by atoms with Gasteiger partial charge in [-0.05, 0) is 0 Å². The Morgan fingerprint density at radius 2 is 2.09 bits per heavy atom. The Labute approximate surface area is 134 Å².